The van der Waals surface area contributed by atoms with Gasteiger partial charge in [0.2, 0.25) is 0 Å². The predicted molar refractivity (Wildman–Crippen MR) is 55.1 cm³/mol. The van der Waals surface area contributed by atoms with E-state index in [0.717, 1.165) is 18.4 Å². The molecule has 0 fully saturated rings. The Kier molecular flexibility index (Phi) is 3.63. The molecule has 0 aromatic heterocycles. The molecule has 4 heteroatoms. The number of rotatable bonds is 3. The summed E-state index contributed by atoms with van der Waals surface area (Å²) in [6, 6.07) is 3.00. The summed E-state index contributed by atoms with van der Waals surface area (Å²) in [4.78, 5) is 10.7. The Morgan fingerprint density at radius 2 is 2.21 bits per heavy atom. The molecule has 0 amide bonds. The Balaban J connectivity index is 3.21. The Hall–Kier alpha value is -0.900. The maximum absolute atomic E-state index is 13.2. The minimum Gasteiger partial charge on any atom is -0.478 e. The third-order valence-corrected chi connectivity index (χ3v) is 2.43. The molecule has 76 valence electrons. The summed E-state index contributed by atoms with van der Waals surface area (Å²) in [5, 5.41) is 8.72. The molecule has 0 bridgehead atoms. The molecule has 0 aliphatic rings. The van der Waals surface area contributed by atoms with Crippen LogP contribution in [0.3, 0.4) is 0 Å². The fraction of sp³-hybridized carbons (Fsp3) is 0.300. The number of aryl methyl sites for hydroxylation is 1. The van der Waals surface area contributed by atoms with Gasteiger partial charge in [-0.1, -0.05) is 13.3 Å². The molecule has 0 aliphatic carbocycles. The van der Waals surface area contributed by atoms with Gasteiger partial charge in [-0.05, 0) is 40.0 Å². The van der Waals surface area contributed by atoms with Crippen molar-refractivity contribution in [2.45, 2.75) is 19.8 Å². The lowest BCUT2D eigenvalue weighted by molar-refractivity contribution is 0.0691. The lowest BCUT2D eigenvalue weighted by Gasteiger charge is -2.04. The van der Waals surface area contributed by atoms with Crippen LogP contribution in [-0.4, -0.2) is 11.1 Å². The zero-order chi connectivity index (χ0) is 10.7. The van der Waals surface area contributed by atoms with E-state index in [9.17, 15) is 9.18 Å². The van der Waals surface area contributed by atoms with Gasteiger partial charge in [0.1, 0.15) is 0 Å². The molecule has 14 heavy (non-hydrogen) atoms. The first-order valence-corrected chi connectivity index (χ1v) is 5.06. The summed E-state index contributed by atoms with van der Waals surface area (Å²) < 4.78 is 13.5. The molecule has 0 spiro atoms. The van der Waals surface area contributed by atoms with Crippen molar-refractivity contribution in [3.63, 3.8) is 0 Å². The van der Waals surface area contributed by atoms with Crippen LogP contribution >= 0.6 is 15.9 Å². The molecule has 1 aromatic rings. The molecule has 0 unspecified atom stereocenters. The second-order valence-electron chi connectivity index (χ2n) is 2.99. The Labute approximate surface area is 89.9 Å². The largest absolute Gasteiger partial charge is 0.478 e. The van der Waals surface area contributed by atoms with E-state index in [4.69, 9.17) is 5.11 Å². The van der Waals surface area contributed by atoms with Crippen molar-refractivity contribution in [2.24, 2.45) is 0 Å². The van der Waals surface area contributed by atoms with E-state index in [0.29, 0.717) is 0 Å². The van der Waals surface area contributed by atoms with Crippen molar-refractivity contribution in [3.8, 4) is 0 Å². The highest BCUT2D eigenvalue weighted by atomic mass is 79.9. The molecule has 0 aliphatic heterocycles. The monoisotopic (exact) mass is 260 g/mol. The highest BCUT2D eigenvalue weighted by Gasteiger charge is 2.14. The third kappa shape index (κ3) is 2.32. The minimum atomic E-state index is -1.24. The van der Waals surface area contributed by atoms with Gasteiger partial charge in [0, 0.05) is 0 Å². The average molecular weight is 261 g/mol. The van der Waals surface area contributed by atoms with Crippen LogP contribution in [0.4, 0.5) is 4.39 Å². The molecule has 0 heterocycles. The molecule has 1 rings (SSSR count). The Morgan fingerprint density at radius 1 is 1.57 bits per heavy atom. The van der Waals surface area contributed by atoms with Gasteiger partial charge in [0.15, 0.2) is 5.82 Å². The van der Waals surface area contributed by atoms with Crippen molar-refractivity contribution in [1.29, 1.82) is 0 Å². The van der Waals surface area contributed by atoms with E-state index in [1.807, 2.05) is 6.92 Å². The third-order valence-electron chi connectivity index (χ3n) is 1.86. The van der Waals surface area contributed by atoms with Crippen molar-refractivity contribution in [2.75, 3.05) is 0 Å². The molecule has 1 aromatic carbocycles. The highest BCUT2D eigenvalue weighted by Crippen LogP contribution is 2.22. The fourth-order valence-electron chi connectivity index (χ4n) is 1.23. The van der Waals surface area contributed by atoms with Crippen molar-refractivity contribution < 1.29 is 14.3 Å². The van der Waals surface area contributed by atoms with Gasteiger partial charge >= 0.3 is 5.97 Å². The fourth-order valence-corrected chi connectivity index (χ4v) is 1.74. The standard InChI is InChI=1S/C10H10BrFO2/c1-2-3-6-4-7(10(13)14)9(12)8(11)5-6/h4-5H,2-3H2,1H3,(H,13,14). The summed E-state index contributed by atoms with van der Waals surface area (Å²) in [5.74, 6) is -1.95. The van der Waals surface area contributed by atoms with E-state index in [1.165, 1.54) is 6.07 Å². The van der Waals surface area contributed by atoms with Crippen molar-refractivity contribution in [1.82, 2.24) is 0 Å². The van der Waals surface area contributed by atoms with Gasteiger partial charge in [-0.15, -0.1) is 0 Å². The maximum atomic E-state index is 13.2. The normalized spacial score (nSPS) is 10.2. The van der Waals surface area contributed by atoms with Crippen LogP contribution in [0.25, 0.3) is 0 Å². The number of carboxylic acids is 1. The number of hydrogen-bond acceptors (Lipinski definition) is 1. The molecule has 0 saturated carbocycles. The van der Waals surface area contributed by atoms with Gasteiger partial charge in [0.25, 0.3) is 0 Å². The van der Waals surface area contributed by atoms with Crippen LogP contribution in [0.5, 0.6) is 0 Å². The van der Waals surface area contributed by atoms with Gasteiger partial charge < -0.3 is 5.11 Å². The molecular weight excluding hydrogens is 251 g/mol. The Bertz CT molecular complexity index is 363. The molecule has 1 N–H and O–H groups in total. The second-order valence-corrected chi connectivity index (χ2v) is 3.85. The quantitative estimate of drug-likeness (QED) is 0.906. The molecule has 0 atom stereocenters. The van der Waals surface area contributed by atoms with Gasteiger partial charge in [0.05, 0.1) is 10.0 Å². The number of halogens is 2. The maximum Gasteiger partial charge on any atom is 0.338 e. The lowest BCUT2D eigenvalue weighted by atomic mass is 10.1. The van der Waals surface area contributed by atoms with E-state index in [1.54, 1.807) is 6.07 Å². The van der Waals surface area contributed by atoms with Gasteiger partial charge in [-0.2, -0.15) is 0 Å². The number of hydrogen-bond donors (Lipinski definition) is 1. The molecular formula is C10H10BrFO2. The molecule has 0 radical (unpaired) electrons. The first kappa shape index (κ1) is 11.2. The van der Waals surface area contributed by atoms with Crippen LogP contribution in [-0.2, 0) is 6.42 Å². The summed E-state index contributed by atoms with van der Waals surface area (Å²) in [7, 11) is 0. The Morgan fingerprint density at radius 3 is 2.71 bits per heavy atom. The van der Waals surface area contributed by atoms with Crippen LogP contribution < -0.4 is 0 Å². The van der Waals surface area contributed by atoms with E-state index >= 15 is 0 Å². The van der Waals surface area contributed by atoms with Gasteiger partial charge in [-0.25, -0.2) is 9.18 Å². The predicted octanol–water partition coefficient (Wildman–Crippen LogP) is 3.24. The first-order chi connectivity index (χ1) is 6.56. The van der Waals surface area contributed by atoms with E-state index < -0.39 is 11.8 Å². The topological polar surface area (TPSA) is 37.3 Å². The van der Waals surface area contributed by atoms with Crippen LogP contribution in [0, 0.1) is 5.82 Å². The molecule has 2 nitrogen and oxygen atoms in total. The lowest BCUT2D eigenvalue weighted by Crippen LogP contribution is -2.02. The summed E-state index contributed by atoms with van der Waals surface area (Å²) >= 11 is 3.00. The van der Waals surface area contributed by atoms with E-state index in [2.05, 4.69) is 15.9 Å². The number of benzene rings is 1. The number of aromatic carboxylic acids is 1. The highest BCUT2D eigenvalue weighted by molar-refractivity contribution is 9.10. The van der Waals surface area contributed by atoms with Crippen LogP contribution in [0.2, 0.25) is 0 Å². The van der Waals surface area contributed by atoms with Crippen LogP contribution in [0.1, 0.15) is 29.3 Å². The number of carboxylic acid groups (broad SMARTS) is 1. The molecule has 0 saturated heterocycles. The van der Waals surface area contributed by atoms with Gasteiger partial charge in [-0.3, -0.25) is 0 Å². The second kappa shape index (κ2) is 4.55. The zero-order valence-electron chi connectivity index (χ0n) is 7.68. The SMILES string of the molecule is CCCc1cc(Br)c(F)c(C(=O)O)c1. The summed E-state index contributed by atoms with van der Waals surface area (Å²) in [5.41, 5.74) is 0.556. The number of carbonyl (C=O) groups is 1. The van der Waals surface area contributed by atoms with E-state index in [-0.39, 0.29) is 10.0 Å². The summed E-state index contributed by atoms with van der Waals surface area (Å²) in [6.07, 6.45) is 1.65. The smallest absolute Gasteiger partial charge is 0.338 e. The minimum absolute atomic E-state index is 0.209. The summed E-state index contributed by atoms with van der Waals surface area (Å²) in [6.45, 7) is 1.98. The van der Waals surface area contributed by atoms with Crippen molar-refractivity contribution >= 4 is 21.9 Å². The van der Waals surface area contributed by atoms with Crippen molar-refractivity contribution in [3.05, 3.63) is 33.5 Å². The zero-order valence-corrected chi connectivity index (χ0v) is 9.27. The average Bonchev–Trinajstić information content (AvgIpc) is 2.11. The van der Waals surface area contributed by atoms with Crippen LogP contribution in [0.15, 0.2) is 16.6 Å². The first-order valence-electron chi connectivity index (χ1n) is 4.27.